The predicted octanol–water partition coefficient (Wildman–Crippen LogP) is 8.69. The van der Waals surface area contributed by atoms with Gasteiger partial charge in [-0.15, -0.1) is 0 Å². The maximum absolute atomic E-state index is 13.9. The van der Waals surface area contributed by atoms with Crippen molar-refractivity contribution in [2.24, 2.45) is 0 Å². The average Bonchev–Trinajstić information content (AvgIpc) is 2.96. The molecule has 0 saturated heterocycles. The molecule has 2 heterocycles. The van der Waals surface area contributed by atoms with Crippen LogP contribution in [0, 0.1) is 6.92 Å². The monoisotopic (exact) mass is 562 g/mol. The molecule has 0 spiro atoms. The van der Waals surface area contributed by atoms with Gasteiger partial charge in [0.15, 0.2) is 5.76 Å². The highest BCUT2D eigenvalue weighted by Crippen LogP contribution is 2.38. The van der Waals surface area contributed by atoms with Crippen molar-refractivity contribution >= 4 is 22.6 Å². The van der Waals surface area contributed by atoms with Crippen LogP contribution >= 0.6 is 0 Å². The van der Waals surface area contributed by atoms with Crippen LogP contribution in [0.15, 0.2) is 70.0 Å². The largest absolute Gasteiger partial charge is 0.478 e. The minimum absolute atomic E-state index is 0.0290. The Morgan fingerprint density at radius 2 is 1.60 bits per heavy atom. The smallest absolute Gasteiger partial charge is 0.423 e. The fourth-order valence-corrected chi connectivity index (χ4v) is 3.84. The lowest BCUT2D eigenvalue weighted by atomic mass is 9.98. The molecule has 0 bridgehead atoms. The van der Waals surface area contributed by atoms with Crippen LogP contribution in [0.4, 0.5) is 23.2 Å². The zero-order valence-electron chi connectivity index (χ0n) is 23.5. The van der Waals surface area contributed by atoms with E-state index < -0.39 is 34.9 Å². The van der Waals surface area contributed by atoms with E-state index in [9.17, 15) is 32.3 Å². The molecule has 2 aromatic heterocycles. The topological polar surface area (TPSA) is 92.4 Å². The summed E-state index contributed by atoms with van der Waals surface area (Å²) in [5.41, 5.74) is -1.50. The van der Waals surface area contributed by atoms with E-state index in [1.807, 2.05) is 27.7 Å². The Morgan fingerprint density at radius 3 is 2.15 bits per heavy atom. The molecule has 0 aliphatic rings. The molecule has 4 rings (SSSR count). The van der Waals surface area contributed by atoms with Crippen molar-refractivity contribution in [2.75, 3.05) is 12.5 Å². The van der Waals surface area contributed by atoms with Gasteiger partial charge in [-0.05, 0) is 49.7 Å². The van der Waals surface area contributed by atoms with Crippen LogP contribution in [0.2, 0.25) is 0 Å². The summed E-state index contributed by atoms with van der Waals surface area (Å²) in [6.07, 6.45) is -3.65. The van der Waals surface area contributed by atoms with Gasteiger partial charge in [0.2, 0.25) is 5.43 Å². The van der Waals surface area contributed by atoms with E-state index in [-0.39, 0.29) is 22.2 Å². The molecule has 0 aliphatic heterocycles. The fourth-order valence-electron chi connectivity index (χ4n) is 3.84. The van der Waals surface area contributed by atoms with E-state index in [1.54, 1.807) is 38.1 Å². The van der Waals surface area contributed by atoms with Crippen LogP contribution < -0.4 is 10.7 Å². The zero-order valence-corrected chi connectivity index (χ0v) is 23.5. The molecule has 1 unspecified atom stereocenters. The van der Waals surface area contributed by atoms with Gasteiger partial charge in [-0.2, -0.15) is 13.2 Å². The van der Waals surface area contributed by atoms with E-state index in [0.717, 1.165) is 0 Å². The van der Waals surface area contributed by atoms with Crippen LogP contribution in [0.1, 0.15) is 67.7 Å². The normalized spacial score (nSPS) is 11.1. The van der Waals surface area contributed by atoms with Crippen LogP contribution in [-0.2, 0) is 6.18 Å². The molecule has 1 atom stereocenters. The Bertz CT molecular complexity index is 1450. The Kier molecular flexibility index (Phi) is 13.0. The maximum Gasteiger partial charge on any atom is 0.423 e. The van der Waals surface area contributed by atoms with Gasteiger partial charge in [0.25, 0.3) is 0 Å². The molecule has 4 aromatic rings. The van der Waals surface area contributed by atoms with Crippen molar-refractivity contribution in [3.8, 4) is 11.5 Å². The summed E-state index contributed by atoms with van der Waals surface area (Å²) < 4.78 is 57.1. The first kappa shape index (κ1) is 33.8. The second kappa shape index (κ2) is 15.4. The van der Waals surface area contributed by atoms with Gasteiger partial charge < -0.3 is 14.8 Å². The first-order valence-corrected chi connectivity index (χ1v) is 12.6. The molecule has 2 aromatic carbocycles. The first-order chi connectivity index (χ1) is 19.1. The van der Waals surface area contributed by atoms with Gasteiger partial charge in [0.1, 0.15) is 16.8 Å². The van der Waals surface area contributed by atoms with Gasteiger partial charge in [-0.1, -0.05) is 52.0 Å². The summed E-state index contributed by atoms with van der Waals surface area (Å²) in [5, 5.41) is 12.3. The van der Waals surface area contributed by atoms with Crippen molar-refractivity contribution in [3.63, 3.8) is 0 Å². The third-order valence-electron chi connectivity index (χ3n) is 5.34. The summed E-state index contributed by atoms with van der Waals surface area (Å²) in [6, 6.07) is 13.0. The highest BCUT2D eigenvalue weighted by atomic mass is 19.4. The number of aromatic nitrogens is 1. The number of carboxylic acid groups (broad SMARTS) is 1. The molecule has 0 amide bonds. The lowest BCUT2D eigenvalue weighted by Crippen LogP contribution is -2.22. The van der Waals surface area contributed by atoms with E-state index in [1.165, 1.54) is 36.5 Å². The Balaban J connectivity index is 0.00000125. The van der Waals surface area contributed by atoms with Gasteiger partial charge in [0, 0.05) is 17.4 Å². The number of alkyl halides is 4. The standard InChI is InChI=1S/C25H19F3N2O4.2C2H6.CH3F/c1-13-11-16(14(2)30-18-8-4-3-7-15(18)24(32)33)22-17(12-13)21(31)20(25(26,27)28)23(34-22)19-9-5-6-10-29-19;3*1-2/h3-12,14,30H,1-2H3,(H,32,33);2*1-2H3;1H3. The molecule has 0 aliphatic carbocycles. The molecule has 40 heavy (non-hydrogen) atoms. The molecule has 0 radical (unpaired) electrons. The number of aryl methyl sites for hydroxylation is 1. The third-order valence-corrected chi connectivity index (χ3v) is 5.34. The van der Waals surface area contributed by atoms with E-state index in [4.69, 9.17) is 4.42 Å². The number of rotatable bonds is 5. The van der Waals surface area contributed by atoms with Crippen LogP contribution in [-0.4, -0.2) is 23.2 Å². The highest BCUT2D eigenvalue weighted by molar-refractivity contribution is 5.94. The summed E-state index contributed by atoms with van der Waals surface area (Å²) in [7, 11) is 0.500. The Hall–Kier alpha value is -4.21. The number of pyridine rings is 1. The number of para-hydroxylation sites is 1. The summed E-state index contributed by atoms with van der Waals surface area (Å²) in [4.78, 5) is 28.6. The van der Waals surface area contributed by atoms with E-state index in [2.05, 4.69) is 10.3 Å². The number of carboxylic acids is 1. The Morgan fingerprint density at radius 1 is 1.00 bits per heavy atom. The zero-order chi connectivity index (χ0) is 30.6. The van der Waals surface area contributed by atoms with Crippen molar-refractivity contribution in [1.29, 1.82) is 0 Å². The second-order valence-corrected chi connectivity index (χ2v) is 7.80. The van der Waals surface area contributed by atoms with E-state index >= 15 is 0 Å². The molecular weight excluding hydrogens is 528 g/mol. The van der Waals surface area contributed by atoms with Gasteiger partial charge in [0.05, 0.1) is 24.2 Å². The number of nitrogens with zero attached hydrogens (tertiary/aromatic N) is 1. The summed E-state index contributed by atoms with van der Waals surface area (Å²) in [6.45, 7) is 11.4. The van der Waals surface area contributed by atoms with Gasteiger partial charge in [-0.25, -0.2) is 4.79 Å². The number of carbonyl (C=O) groups is 1. The van der Waals surface area contributed by atoms with Crippen molar-refractivity contribution < 1.29 is 31.9 Å². The molecule has 0 fully saturated rings. The molecular formula is C30H34F4N2O4. The first-order valence-electron chi connectivity index (χ1n) is 12.6. The lowest BCUT2D eigenvalue weighted by Gasteiger charge is -2.20. The van der Waals surface area contributed by atoms with Crippen LogP contribution in [0.3, 0.4) is 0 Å². The molecule has 6 nitrogen and oxygen atoms in total. The van der Waals surface area contributed by atoms with Gasteiger partial charge in [-0.3, -0.25) is 14.2 Å². The minimum atomic E-state index is -4.96. The quantitative estimate of drug-likeness (QED) is 0.236. The number of hydrogen-bond acceptors (Lipinski definition) is 5. The second-order valence-electron chi connectivity index (χ2n) is 7.80. The van der Waals surface area contributed by atoms with Crippen molar-refractivity contribution in [2.45, 2.75) is 53.8 Å². The number of benzene rings is 2. The third kappa shape index (κ3) is 7.68. The number of fused-ring (bicyclic) bond motifs is 1. The number of nitrogens with one attached hydrogen (secondary N) is 1. The van der Waals surface area contributed by atoms with Crippen molar-refractivity contribution in [1.82, 2.24) is 4.98 Å². The van der Waals surface area contributed by atoms with E-state index in [0.29, 0.717) is 24.0 Å². The average molecular weight is 563 g/mol. The summed E-state index contributed by atoms with van der Waals surface area (Å²) >= 11 is 0. The number of aromatic carboxylic acids is 1. The predicted molar refractivity (Wildman–Crippen MR) is 151 cm³/mol. The summed E-state index contributed by atoms with van der Waals surface area (Å²) in [5.74, 6) is -1.81. The molecule has 0 saturated carbocycles. The lowest BCUT2D eigenvalue weighted by molar-refractivity contribution is -0.138. The molecule has 2 N–H and O–H groups in total. The SMILES string of the molecule is CC.CC.CF.Cc1cc(C(C)Nc2ccccc2C(=O)O)c2oc(-c3ccccn3)c(C(F)(F)F)c(=O)c2c1. The van der Waals surface area contributed by atoms with Crippen LogP contribution in [0.25, 0.3) is 22.4 Å². The number of hydrogen-bond donors (Lipinski definition) is 2. The maximum atomic E-state index is 13.9. The Labute approximate surface area is 230 Å². The fraction of sp³-hybridized carbons (Fsp3) is 0.300. The highest BCUT2D eigenvalue weighted by Gasteiger charge is 2.40. The van der Waals surface area contributed by atoms with Gasteiger partial charge >= 0.3 is 12.1 Å². The molecule has 216 valence electrons. The minimum Gasteiger partial charge on any atom is -0.478 e. The molecule has 10 heteroatoms. The number of anilines is 1. The van der Waals surface area contributed by atoms with Crippen molar-refractivity contribution in [3.05, 3.63) is 93.3 Å². The van der Waals surface area contributed by atoms with Crippen LogP contribution in [0.5, 0.6) is 0 Å². The number of halogens is 4.